The molecule has 0 saturated heterocycles. The molecule has 0 saturated carbocycles. The van der Waals surface area contributed by atoms with Crippen LogP contribution in [0.2, 0.25) is 0 Å². The van der Waals surface area contributed by atoms with Crippen molar-refractivity contribution in [1.82, 2.24) is 20.1 Å². The Labute approximate surface area is 255 Å². The lowest BCUT2D eigenvalue weighted by molar-refractivity contribution is -0.384. The third kappa shape index (κ3) is 7.23. The quantitative estimate of drug-likeness (QED) is 0.0918. The lowest BCUT2D eigenvalue weighted by Crippen LogP contribution is -2.35. The highest BCUT2D eigenvalue weighted by Crippen LogP contribution is 2.30. The summed E-state index contributed by atoms with van der Waals surface area (Å²) < 4.78 is 2.61. The summed E-state index contributed by atoms with van der Waals surface area (Å²) in [5.74, 6) is 1.15. The number of nitro groups is 1. The van der Waals surface area contributed by atoms with E-state index in [2.05, 4.69) is 48.9 Å². The van der Waals surface area contributed by atoms with Gasteiger partial charge in [-0.05, 0) is 58.2 Å². The molecule has 0 fully saturated rings. The monoisotopic (exact) mass is 642 g/mol. The Balaban J connectivity index is 1.52. The zero-order valence-corrected chi connectivity index (χ0v) is 25.0. The molecule has 2 amide bonds. The molecule has 1 unspecified atom stereocenters. The number of rotatable bonds is 10. The maximum atomic E-state index is 13.3. The van der Waals surface area contributed by atoms with Gasteiger partial charge in [-0.3, -0.25) is 14.7 Å². The summed E-state index contributed by atoms with van der Waals surface area (Å²) in [6.07, 6.45) is 0.442. The largest absolute Gasteiger partial charge is 0.327 e. The molecule has 1 aromatic heterocycles. The lowest BCUT2D eigenvalue weighted by atomic mass is 10.1. The van der Waals surface area contributed by atoms with Crippen LogP contribution < -0.4 is 10.6 Å². The van der Waals surface area contributed by atoms with Gasteiger partial charge in [-0.1, -0.05) is 84.1 Å². The zero-order valence-electron chi connectivity index (χ0n) is 22.6. The first-order valence-corrected chi connectivity index (χ1v) is 14.9. The number of para-hydroxylation sites is 1. The van der Waals surface area contributed by atoms with Crippen LogP contribution in [0.1, 0.15) is 28.6 Å². The number of aromatic nitrogens is 3. The van der Waals surface area contributed by atoms with Gasteiger partial charge in [0.05, 0.1) is 16.7 Å². The minimum atomic E-state index is -0.578. The molecule has 9 nitrogen and oxygen atoms in total. The number of thioether (sulfide) groups is 1. The van der Waals surface area contributed by atoms with E-state index < -0.39 is 17.0 Å². The van der Waals surface area contributed by atoms with Crippen LogP contribution in [-0.4, -0.2) is 25.7 Å². The highest BCUT2D eigenvalue weighted by molar-refractivity contribution is 9.10. The molecule has 5 rings (SSSR count). The van der Waals surface area contributed by atoms with Crippen LogP contribution in [-0.2, 0) is 12.2 Å². The molecule has 4 aromatic carbocycles. The van der Waals surface area contributed by atoms with Crippen molar-refractivity contribution in [2.24, 2.45) is 0 Å². The van der Waals surface area contributed by atoms with E-state index in [1.54, 1.807) is 18.2 Å². The smallest absolute Gasteiger partial charge is 0.319 e. The van der Waals surface area contributed by atoms with Crippen molar-refractivity contribution in [3.8, 4) is 5.69 Å². The first-order valence-electron chi connectivity index (χ1n) is 13.1. The van der Waals surface area contributed by atoms with Crippen LogP contribution in [0.15, 0.2) is 113 Å². The predicted molar refractivity (Wildman–Crippen MR) is 168 cm³/mol. The Morgan fingerprint density at radius 1 is 0.952 bits per heavy atom. The molecule has 1 atom stereocenters. The van der Waals surface area contributed by atoms with Gasteiger partial charge in [0.1, 0.15) is 0 Å². The van der Waals surface area contributed by atoms with Crippen LogP contribution >= 0.6 is 27.7 Å². The van der Waals surface area contributed by atoms with Gasteiger partial charge in [0.15, 0.2) is 11.0 Å². The van der Waals surface area contributed by atoms with E-state index in [0.29, 0.717) is 34.5 Å². The molecule has 11 heteroatoms. The Kier molecular flexibility index (Phi) is 9.30. The molecule has 212 valence electrons. The fourth-order valence-corrected chi connectivity index (χ4v) is 5.74. The number of anilines is 1. The van der Waals surface area contributed by atoms with Gasteiger partial charge in [-0.25, -0.2) is 4.79 Å². The second-order valence-electron chi connectivity index (χ2n) is 9.55. The number of carbonyl (C=O) groups excluding carboxylic acids is 1. The summed E-state index contributed by atoms with van der Waals surface area (Å²) >= 11 is 4.98. The highest BCUT2D eigenvalue weighted by Gasteiger charge is 2.25. The van der Waals surface area contributed by atoms with Gasteiger partial charge in [0, 0.05) is 34.5 Å². The van der Waals surface area contributed by atoms with Crippen molar-refractivity contribution >= 4 is 45.1 Å². The predicted octanol–water partition coefficient (Wildman–Crippen LogP) is 7.64. The number of amides is 2. The number of non-ortho nitro benzene ring substituents is 1. The van der Waals surface area contributed by atoms with Gasteiger partial charge in [-0.2, -0.15) is 0 Å². The van der Waals surface area contributed by atoms with Crippen LogP contribution in [0.4, 0.5) is 16.2 Å². The van der Waals surface area contributed by atoms with E-state index in [1.165, 1.54) is 23.9 Å². The van der Waals surface area contributed by atoms with E-state index in [0.717, 1.165) is 21.2 Å². The summed E-state index contributed by atoms with van der Waals surface area (Å²) in [5.41, 5.74) is 4.54. The van der Waals surface area contributed by atoms with Crippen molar-refractivity contribution < 1.29 is 9.72 Å². The molecule has 0 aliphatic heterocycles. The minimum Gasteiger partial charge on any atom is -0.327 e. The maximum absolute atomic E-state index is 13.3. The van der Waals surface area contributed by atoms with Crippen molar-refractivity contribution in [2.45, 2.75) is 30.3 Å². The first kappa shape index (κ1) is 29.0. The normalized spacial score (nSPS) is 11.6. The van der Waals surface area contributed by atoms with Gasteiger partial charge in [0.2, 0.25) is 0 Å². The summed E-state index contributed by atoms with van der Waals surface area (Å²) in [5, 5.41) is 27.0. The average molecular weight is 644 g/mol. The molecule has 5 aromatic rings. The van der Waals surface area contributed by atoms with E-state index in [-0.39, 0.29) is 5.69 Å². The van der Waals surface area contributed by atoms with Gasteiger partial charge < -0.3 is 10.6 Å². The maximum Gasteiger partial charge on any atom is 0.319 e. The molecular weight excluding hydrogens is 616 g/mol. The van der Waals surface area contributed by atoms with E-state index in [4.69, 9.17) is 0 Å². The fourth-order valence-electron chi connectivity index (χ4n) is 4.45. The number of hydrogen-bond acceptors (Lipinski definition) is 6. The second-order valence-corrected chi connectivity index (χ2v) is 11.3. The molecule has 0 aliphatic rings. The molecule has 42 heavy (non-hydrogen) atoms. The Morgan fingerprint density at radius 3 is 2.38 bits per heavy atom. The third-order valence-corrected chi connectivity index (χ3v) is 8.14. The van der Waals surface area contributed by atoms with Gasteiger partial charge in [-0.15, -0.1) is 10.2 Å². The van der Waals surface area contributed by atoms with E-state index in [1.807, 2.05) is 72.2 Å². The molecule has 2 N–H and O–H groups in total. The fraction of sp³-hybridized carbons (Fsp3) is 0.129. The van der Waals surface area contributed by atoms with Crippen LogP contribution in [0.5, 0.6) is 0 Å². The number of benzene rings is 4. The van der Waals surface area contributed by atoms with E-state index in [9.17, 15) is 14.9 Å². The zero-order chi connectivity index (χ0) is 29.5. The van der Waals surface area contributed by atoms with Crippen molar-refractivity contribution in [3.05, 3.63) is 140 Å². The number of carbonyl (C=O) groups is 1. The first-order chi connectivity index (χ1) is 20.4. The van der Waals surface area contributed by atoms with Crippen LogP contribution in [0.3, 0.4) is 0 Å². The highest BCUT2D eigenvalue weighted by atomic mass is 79.9. The standard InChI is InChI=1S/C31H27BrN6O3S/c1-21-8-7-11-23(18-21)20-42-31-36-35-29(37(31)24-14-16-25(17-15-24)38(40)41)28(19-22-9-3-2-4-10-22)34-30(39)33-27-13-6-5-12-26(27)32/h2-18,28H,19-20H2,1H3,(H2,33,34,39). The SMILES string of the molecule is Cc1cccc(CSc2nnc(C(Cc3ccccc3)NC(=O)Nc3ccccc3Br)n2-c2ccc([N+](=O)[O-])cc2)c1. The minimum absolute atomic E-state index is 0.0193. The molecule has 1 heterocycles. The van der Waals surface area contributed by atoms with Gasteiger partial charge >= 0.3 is 6.03 Å². The molecule has 0 bridgehead atoms. The molecular formula is C31H27BrN6O3S. The van der Waals surface area contributed by atoms with Gasteiger partial charge in [0.25, 0.3) is 5.69 Å². The number of nitrogens with one attached hydrogen (secondary N) is 2. The Hall–Kier alpha value is -4.48. The average Bonchev–Trinajstić information content (AvgIpc) is 3.41. The lowest BCUT2D eigenvalue weighted by Gasteiger charge is -2.21. The summed E-state index contributed by atoms with van der Waals surface area (Å²) in [6, 6.07) is 30.6. The molecule has 0 radical (unpaired) electrons. The number of hydrogen-bond donors (Lipinski definition) is 2. The van der Waals surface area contributed by atoms with Crippen LogP contribution in [0.25, 0.3) is 5.69 Å². The van der Waals surface area contributed by atoms with E-state index >= 15 is 0 Å². The third-order valence-electron chi connectivity index (χ3n) is 6.45. The Bertz CT molecular complexity index is 1700. The number of aryl methyl sites for hydroxylation is 1. The topological polar surface area (TPSA) is 115 Å². The number of nitrogens with zero attached hydrogens (tertiary/aromatic N) is 4. The summed E-state index contributed by atoms with van der Waals surface area (Å²) in [6.45, 7) is 2.05. The molecule has 0 aliphatic carbocycles. The number of nitro benzene ring substituents is 1. The second kappa shape index (κ2) is 13.5. The summed E-state index contributed by atoms with van der Waals surface area (Å²) in [7, 11) is 0. The van der Waals surface area contributed by atoms with Crippen molar-refractivity contribution in [1.29, 1.82) is 0 Å². The Morgan fingerprint density at radius 2 is 1.67 bits per heavy atom. The van der Waals surface area contributed by atoms with Crippen molar-refractivity contribution in [2.75, 3.05) is 5.32 Å². The summed E-state index contributed by atoms with van der Waals surface area (Å²) in [4.78, 5) is 24.2. The number of halogens is 1. The molecule has 0 spiro atoms. The number of urea groups is 1. The van der Waals surface area contributed by atoms with Crippen LogP contribution in [0, 0.1) is 17.0 Å². The van der Waals surface area contributed by atoms with Crippen molar-refractivity contribution in [3.63, 3.8) is 0 Å².